The monoisotopic (exact) mass is 460 g/mol. The van der Waals surface area contributed by atoms with Crippen molar-refractivity contribution in [2.24, 2.45) is 0 Å². The van der Waals surface area contributed by atoms with Gasteiger partial charge in [-0.2, -0.15) is 5.10 Å². The van der Waals surface area contributed by atoms with Gasteiger partial charge in [-0.05, 0) is 26.3 Å². The van der Waals surface area contributed by atoms with Crippen molar-refractivity contribution in [3.8, 4) is 0 Å². The number of carbonyl (C=O) groups is 2. The third kappa shape index (κ3) is 6.53. The summed E-state index contributed by atoms with van der Waals surface area (Å²) in [5.41, 5.74) is 4.13. The van der Waals surface area contributed by atoms with Crippen LogP contribution >= 0.6 is 23.1 Å². The minimum absolute atomic E-state index is 0.116. The minimum atomic E-state index is -0.577. The molecule has 2 heterocycles. The summed E-state index contributed by atoms with van der Waals surface area (Å²) in [7, 11) is 0. The fourth-order valence-electron chi connectivity index (χ4n) is 2.84. The van der Waals surface area contributed by atoms with Crippen LogP contribution in [-0.4, -0.2) is 44.3 Å². The van der Waals surface area contributed by atoms with Crippen LogP contribution in [0, 0.1) is 13.8 Å². The fourth-order valence-corrected chi connectivity index (χ4v) is 4.41. The third-order valence-corrected chi connectivity index (χ3v) is 6.36. The van der Waals surface area contributed by atoms with Crippen LogP contribution in [0.2, 0.25) is 0 Å². The highest BCUT2D eigenvalue weighted by molar-refractivity contribution is 8.01. The smallest absolute Gasteiger partial charge is 0.413 e. The molecule has 0 fully saturated rings. The number of rotatable bonds is 9. The van der Waals surface area contributed by atoms with Crippen LogP contribution in [0.3, 0.4) is 0 Å². The summed E-state index contributed by atoms with van der Waals surface area (Å²) in [5, 5.41) is 18.2. The number of hydrogen-bond donors (Lipinski definition) is 2. The molecule has 3 aromatic rings. The van der Waals surface area contributed by atoms with E-state index in [-0.39, 0.29) is 18.3 Å². The number of ether oxygens (including phenoxy) is 1. The minimum Gasteiger partial charge on any atom is -0.450 e. The molecule has 1 aromatic carbocycles. The fraction of sp³-hybridized carbons (Fsp3) is 0.350. The van der Waals surface area contributed by atoms with Crippen LogP contribution in [-0.2, 0) is 22.6 Å². The second-order valence-electron chi connectivity index (χ2n) is 6.58. The average molecular weight is 461 g/mol. The molecule has 2 amide bonds. The van der Waals surface area contributed by atoms with Crippen LogP contribution in [0.15, 0.2) is 34.7 Å². The molecule has 0 spiro atoms. The van der Waals surface area contributed by atoms with Gasteiger partial charge in [0.1, 0.15) is 0 Å². The quantitative estimate of drug-likeness (QED) is 0.372. The van der Waals surface area contributed by atoms with Crippen molar-refractivity contribution in [1.29, 1.82) is 0 Å². The van der Waals surface area contributed by atoms with E-state index in [1.165, 1.54) is 28.7 Å². The van der Waals surface area contributed by atoms with Gasteiger partial charge in [-0.1, -0.05) is 53.4 Å². The van der Waals surface area contributed by atoms with E-state index < -0.39 is 6.09 Å². The molecule has 0 saturated heterocycles. The Labute approximate surface area is 188 Å². The van der Waals surface area contributed by atoms with Crippen LogP contribution < -0.4 is 10.6 Å². The standard InChI is InChI=1S/C20H24N6O3S2/c1-4-29-19(28)22-18-23-24-20(31-18)30-12-17(27)21-10-16-13(2)25-26(14(16)3)11-15-8-6-5-7-9-15/h5-9H,4,10-12H2,1-3H3,(H,21,27)(H,22,23,28). The molecule has 0 aliphatic heterocycles. The number of thioether (sulfide) groups is 1. The Kier molecular flexibility index (Phi) is 8.01. The van der Waals surface area contributed by atoms with Crippen molar-refractivity contribution in [2.45, 2.75) is 38.2 Å². The van der Waals surface area contributed by atoms with Crippen LogP contribution in [0.4, 0.5) is 9.93 Å². The Balaban J connectivity index is 1.49. The van der Waals surface area contributed by atoms with E-state index in [9.17, 15) is 9.59 Å². The lowest BCUT2D eigenvalue weighted by molar-refractivity contribution is -0.118. The molecular formula is C20H24N6O3S2. The maximum atomic E-state index is 12.3. The third-order valence-electron chi connectivity index (χ3n) is 4.39. The summed E-state index contributed by atoms with van der Waals surface area (Å²) in [4.78, 5) is 23.7. The first-order valence-corrected chi connectivity index (χ1v) is 11.5. The molecule has 0 radical (unpaired) electrons. The number of aryl methyl sites for hydroxylation is 1. The van der Waals surface area contributed by atoms with E-state index in [1.807, 2.05) is 36.7 Å². The first-order chi connectivity index (χ1) is 15.0. The van der Waals surface area contributed by atoms with Gasteiger partial charge < -0.3 is 10.1 Å². The van der Waals surface area contributed by atoms with E-state index in [0.717, 1.165) is 17.0 Å². The molecule has 0 unspecified atom stereocenters. The van der Waals surface area contributed by atoms with Crippen molar-refractivity contribution in [1.82, 2.24) is 25.3 Å². The lowest BCUT2D eigenvalue weighted by atomic mass is 10.2. The summed E-state index contributed by atoms with van der Waals surface area (Å²) < 4.78 is 7.34. The Morgan fingerprint density at radius 3 is 2.71 bits per heavy atom. The second-order valence-corrected chi connectivity index (χ2v) is 8.78. The van der Waals surface area contributed by atoms with Crippen molar-refractivity contribution < 1.29 is 14.3 Å². The zero-order valence-corrected chi connectivity index (χ0v) is 19.2. The number of nitrogens with zero attached hydrogens (tertiary/aromatic N) is 4. The number of benzene rings is 1. The first-order valence-electron chi connectivity index (χ1n) is 9.69. The molecule has 2 aromatic heterocycles. The summed E-state index contributed by atoms with van der Waals surface area (Å²) in [6, 6.07) is 10.1. The van der Waals surface area contributed by atoms with Gasteiger partial charge in [0.05, 0.1) is 24.6 Å². The molecule has 9 nitrogen and oxygen atoms in total. The van der Waals surface area contributed by atoms with Gasteiger partial charge in [0.2, 0.25) is 11.0 Å². The molecule has 3 rings (SSSR count). The number of carbonyl (C=O) groups excluding carboxylic acids is 2. The lowest BCUT2D eigenvalue weighted by Crippen LogP contribution is -2.25. The Morgan fingerprint density at radius 1 is 1.19 bits per heavy atom. The van der Waals surface area contributed by atoms with Gasteiger partial charge in [-0.25, -0.2) is 4.79 Å². The van der Waals surface area contributed by atoms with Gasteiger partial charge in [0.15, 0.2) is 4.34 Å². The molecule has 164 valence electrons. The highest BCUT2D eigenvalue weighted by atomic mass is 32.2. The van der Waals surface area contributed by atoms with Crippen molar-refractivity contribution in [3.05, 3.63) is 52.8 Å². The Morgan fingerprint density at radius 2 is 1.97 bits per heavy atom. The van der Waals surface area contributed by atoms with Crippen LogP contribution in [0.5, 0.6) is 0 Å². The molecule has 11 heteroatoms. The first kappa shape index (κ1) is 22.8. The number of hydrogen-bond acceptors (Lipinski definition) is 8. The summed E-state index contributed by atoms with van der Waals surface area (Å²) in [6.07, 6.45) is -0.577. The summed E-state index contributed by atoms with van der Waals surface area (Å²) in [6.45, 7) is 7.06. The summed E-state index contributed by atoms with van der Waals surface area (Å²) in [5.74, 6) is 0.0827. The predicted octanol–water partition coefficient (Wildman–Crippen LogP) is 3.38. The normalized spacial score (nSPS) is 10.7. The van der Waals surface area contributed by atoms with Crippen LogP contribution in [0.1, 0.15) is 29.4 Å². The molecule has 2 N–H and O–H groups in total. The molecule has 0 aliphatic rings. The molecule has 0 bridgehead atoms. The number of nitrogens with one attached hydrogen (secondary N) is 2. The Bertz CT molecular complexity index is 1030. The second kappa shape index (κ2) is 10.9. The average Bonchev–Trinajstić information content (AvgIpc) is 3.30. The molecule has 0 saturated carbocycles. The van der Waals surface area contributed by atoms with E-state index in [4.69, 9.17) is 4.74 Å². The van der Waals surface area contributed by atoms with E-state index in [2.05, 4.69) is 38.1 Å². The maximum absolute atomic E-state index is 12.3. The maximum Gasteiger partial charge on any atom is 0.413 e. The number of anilines is 1. The van der Waals surface area contributed by atoms with E-state index >= 15 is 0 Å². The van der Waals surface area contributed by atoms with Gasteiger partial charge in [0, 0.05) is 17.8 Å². The van der Waals surface area contributed by atoms with E-state index in [1.54, 1.807) is 6.92 Å². The van der Waals surface area contributed by atoms with Gasteiger partial charge >= 0.3 is 6.09 Å². The Hall–Kier alpha value is -2.92. The topological polar surface area (TPSA) is 111 Å². The highest BCUT2D eigenvalue weighted by Gasteiger charge is 2.14. The van der Waals surface area contributed by atoms with Crippen molar-refractivity contribution in [3.63, 3.8) is 0 Å². The number of amides is 2. The number of aromatic nitrogens is 4. The zero-order chi connectivity index (χ0) is 22.2. The summed E-state index contributed by atoms with van der Waals surface area (Å²) >= 11 is 2.45. The molecular weight excluding hydrogens is 436 g/mol. The van der Waals surface area contributed by atoms with Crippen LogP contribution in [0.25, 0.3) is 0 Å². The molecule has 0 atom stereocenters. The molecule has 0 aliphatic carbocycles. The highest BCUT2D eigenvalue weighted by Crippen LogP contribution is 2.25. The molecule has 31 heavy (non-hydrogen) atoms. The SMILES string of the molecule is CCOC(=O)Nc1nnc(SCC(=O)NCc2c(C)nn(Cc3ccccc3)c2C)s1. The largest absolute Gasteiger partial charge is 0.450 e. The lowest BCUT2D eigenvalue weighted by Gasteiger charge is -2.07. The van der Waals surface area contributed by atoms with Gasteiger partial charge in [-0.15, -0.1) is 10.2 Å². The van der Waals surface area contributed by atoms with Gasteiger partial charge in [0.25, 0.3) is 0 Å². The predicted molar refractivity (Wildman–Crippen MR) is 120 cm³/mol. The van der Waals surface area contributed by atoms with Crippen molar-refractivity contribution in [2.75, 3.05) is 17.7 Å². The zero-order valence-electron chi connectivity index (χ0n) is 17.5. The van der Waals surface area contributed by atoms with E-state index in [0.29, 0.717) is 22.6 Å². The van der Waals surface area contributed by atoms with Crippen molar-refractivity contribution >= 4 is 40.2 Å². The van der Waals surface area contributed by atoms with Gasteiger partial charge in [-0.3, -0.25) is 14.8 Å².